The van der Waals surface area contributed by atoms with Gasteiger partial charge in [0, 0.05) is 111 Å². The number of ketones is 3. The predicted octanol–water partition coefficient (Wildman–Crippen LogP) is 18.3. The Hall–Kier alpha value is -8.69. The second-order valence-electron chi connectivity index (χ2n) is 35.9. The van der Waals surface area contributed by atoms with Crippen LogP contribution in [0.5, 0.6) is 69.0 Å². The van der Waals surface area contributed by atoms with Crippen LogP contribution in [0.2, 0.25) is 0 Å². The zero-order valence-electron chi connectivity index (χ0n) is 73.9. The van der Waals surface area contributed by atoms with Crippen molar-refractivity contribution in [3.8, 4) is 69.0 Å². The van der Waals surface area contributed by atoms with Crippen molar-refractivity contribution in [1.82, 2.24) is 0 Å². The summed E-state index contributed by atoms with van der Waals surface area (Å²) in [6.45, 7) is 20.8. The summed E-state index contributed by atoms with van der Waals surface area (Å²) in [7, 11) is 0. The molecule has 11 rings (SSSR count). The summed E-state index contributed by atoms with van der Waals surface area (Å²) in [4.78, 5) is 100. The van der Waals surface area contributed by atoms with E-state index in [1.807, 2.05) is 55.4 Å². The number of aliphatic hydroxyl groups excluding tert-OH is 2. The van der Waals surface area contributed by atoms with Gasteiger partial charge in [0.25, 0.3) is 0 Å². The second kappa shape index (κ2) is 41.2. The number of carbonyl (C=O) groups is 7. The van der Waals surface area contributed by atoms with Crippen LogP contribution in [-0.2, 0) is 74.0 Å². The Kier molecular flexibility index (Phi) is 32.1. The van der Waals surface area contributed by atoms with Gasteiger partial charge in [0.15, 0.2) is 5.60 Å². The molecule has 1 spiro atoms. The molecule has 4 aliphatic rings. The molecule has 29 heteroatoms. The minimum atomic E-state index is -1.45. The largest absolute Gasteiger partial charge is 0.508 e. The van der Waals surface area contributed by atoms with E-state index < -0.39 is 88.2 Å². The van der Waals surface area contributed by atoms with E-state index in [1.54, 1.807) is 99.6 Å². The summed E-state index contributed by atoms with van der Waals surface area (Å²) in [6.07, 6.45) is 3.01. The molecular weight excluding hydrogens is 1830 g/mol. The highest BCUT2D eigenvalue weighted by molar-refractivity contribution is 9.10. The molecule has 7 aromatic carbocycles. The van der Waals surface area contributed by atoms with Gasteiger partial charge in [-0.3, -0.25) is 28.8 Å². The van der Waals surface area contributed by atoms with E-state index >= 15 is 0 Å². The van der Waals surface area contributed by atoms with Crippen LogP contribution >= 0.6 is 47.8 Å². The van der Waals surface area contributed by atoms with E-state index in [4.69, 9.17) is 61.9 Å². The number of hydrogen-bond donors (Lipinski definition) is 7. The number of ether oxygens (including phenoxy) is 12. The Balaban J connectivity index is 0.767. The minimum Gasteiger partial charge on any atom is -0.508 e. The molecule has 7 aromatic rings. The van der Waals surface area contributed by atoms with Crippen LogP contribution in [0, 0.1) is 16.2 Å². The molecule has 4 heterocycles. The first-order valence-electron chi connectivity index (χ1n) is 43.3. The molecule has 127 heavy (non-hydrogen) atoms. The number of aromatic hydroxyl groups is 3. The zero-order valence-corrected chi connectivity index (χ0v) is 78.7. The van der Waals surface area contributed by atoms with E-state index in [0.717, 1.165) is 0 Å². The fourth-order valence-electron chi connectivity index (χ4n) is 16.4. The van der Waals surface area contributed by atoms with Crippen LogP contribution < -0.4 is 28.4 Å². The number of aliphatic hydroxyl groups is 4. The fourth-order valence-corrected chi connectivity index (χ4v) is 17.3. The molecule has 26 nitrogen and oxygen atoms in total. The molecular formula is C98H117Br3O26. The Labute approximate surface area is 766 Å². The molecule has 0 saturated carbocycles. The number of Topliss-reactive ketones (excluding diaryl/α,β-unsaturated/α-hetero) is 3. The lowest BCUT2D eigenvalue weighted by Gasteiger charge is -2.36. The lowest BCUT2D eigenvalue weighted by Crippen LogP contribution is -2.37. The third kappa shape index (κ3) is 23.2. The maximum Gasteiger partial charge on any atom is 0.340 e. The Morgan fingerprint density at radius 2 is 0.717 bits per heavy atom. The van der Waals surface area contributed by atoms with Crippen molar-refractivity contribution in [1.29, 1.82) is 0 Å². The van der Waals surface area contributed by atoms with Crippen LogP contribution in [0.3, 0.4) is 0 Å². The van der Waals surface area contributed by atoms with Crippen molar-refractivity contribution in [2.75, 3.05) is 66.1 Å². The molecule has 0 aromatic heterocycles. The van der Waals surface area contributed by atoms with Crippen molar-refractivity contribution in [3.63, 3.8) is 0 Å². The van der Waals surface area contributed by atoms with E-state index in [0.29, 0.717) is 83.0 Å². The molecule has 0 fully saturated rings. The lowest BCUT2D eigenvalue weighted by molar-refractivity contribution is -0.138. The van der Waals surface area contributed by atoms with Gasteiger partial charge in [-0.15, -0.1) is 0 Å². The van der Waals surface area contributed by atoms with Crippen molar-refractivity contribution in [2.45, 2.75) is 227 Å². The van der Waals surface area contributed by atoms with Gasteiger partial charge in [-0.1, -0.05) is 121 Å². The zero-order chi connectivity index (χ0) is 92.3. The third-order valence-corrected chi connectivity index (χ3v) is 27.1. The van der Waals surface area contributed by atoms with Gasteiger partial charge in [-0.05, 0) is 190 Å². The van der Waals surface area contributed by atoms with Gasteiger partial charge in [-0.25, -0.2) is 4.79 Å². The van der Waals surface area contributed by atoms with E-state index in [9.17, 15) is 64.2 Å². The predicted molar refractivity (Wildman–Crippen MR) is 482 cm³/mol. The van der Waals surface area contributed by atoms with Crippen LogP contribution in [0.1, 0.15) is 235 Å². The SMILES string of the molecule is CCC1(O)c2ccc(O)cc2Oc2cc(OC(=O)C(C)(Br)CCC(C)(C)C(=O)CCCC(CCCC(=O)C(C)(C)CCC(C)(Br)C(=O)Oc3ccc4c(c3)Oc3cc(O)ccc3C4(O)CC)(CCCC(=O)C(C)(C)CCC(C)(Br)C(=O)Oc3ccc4c(c3)Oc3cc(O)ccc3C43OC(=O)c4ccccc43)OCCOCCOCCOCCOCC(O)CO)ccc21. The average Bonchev–Trinajstić information content (AvgIpc) is 1.56. The first-order valence-corrected chi connectivity index (χ1v) is 45.7. The number of phenolic OH excluding ortho intramolecular Hbond substituents is 3. The normalized spacial score (nSPS) is 18.8. The summed E-state index contributed by atoms with van der Waals surface area (Å²) in [5.41, 5.74) is -4.49. The number of halogens is 3. The average molecular weight is 1950 g/mol. The van der Waals surface area contributed by atoms with Gasteiger partial charge < -0.3 is 92.6 Å². The summed E-state index contributed by atoms with van der Waals surface area (Å²) >= 11 is 10.9. The third-order valence-electron chi connectivity index (χ3n) is 25.0. The highest BCUT2D eigenvalue weighted by atomic mass is 79.9. The fraction of sp³-hybridized carbons (Fsp3) is 0.500. The van der Waals surface area contributed by atoms with Crippen molar-refractivity contribution < 1.29 is 126 Å². The first kappa shape index (κ1) is 98.9. The number of rotatable bonds is 48. The minimum absolute atomic E-state index is 0.0211. The lowest BCUT2D eigenvalue weighted by atomic mass is 9.76. The molecule has 7 atom stereocenters. The molecule has 0 radical (unpaired) electrons. The van der Waals surface area contributed by atoms with E-state index in [-0.39, 0.29) is 216 Å². The Morgan fingerprint density at radius 3 is 1.09 bits per heavy atom. The van der Waals surface area contributed by atoms with Crippen molar-refractivity contribution in [3.05, 3.63) is 178 Å². The molecule has 0 saturated heterocycles. The van der Waals surface area contributed by atoms with Crippen LogP contribution in [-0.4, -0.2) is 168 Å². The summed E-state index contributed by atoms with van der Waals surface area (Å²) < 4.78 is 68.7. The molecule has 7 unspecified atom stereocenters. The van der Waals surface area contributed by atoms with E-state index in [1.165, 1.54) is 54.6 Å². The second-order valence-corrected chi connectivity index (χ2v) is 41.1. The maximum absolute atomic E-state index is 14.8. The summed E-state index contributed by atoms with van der Waals surface area (Å²) in [6, 6.07) is 34.8. The number of carbonyl (C=O) groups excluding carboxylic acids is 7. The van der Waals surface area contributed by atoms with Crippen LogP contribution in [0.4, 0.5) is 0 Å². The standard InChI is InChI=1S/C98H117Br3O26/c1-12-96(114)70-30-24-61(103)53-76(70)124-79-56-65(27-33-72(79)96)121-86(111)92(9,99)42-39-89(3,4)82(107)21-16-36-95(120-52-51-118-48-47-116-45-46-117-49-50-119-60-64(106)59-102,37-17-22-83(108)90(5,6)40-43-93(10,100)87(112)122-66-28-34-73-80(57-66)125-77-54-62(104)25-31-71(77)97(73,115)13-2)38-18-23-84(109)91(7,8)41-44-94(11,101)88(113)123-67-29-35-75-81(58-67)126-78-55-63(105)26-32-74(78)98(75)69-20-15-14-19-68(69)85(110)127-98/h14-15,19-20,24-35,53-58,64,102-106,114-115H,12-13,16-18,21-23,36-52,59-60H2,1-11H3. The van der Waals surface area contributed by atoms with Crippen molar-refractivity contribution >= 4 is 89.0 Å². The van der Waals surface area contributed by atoms with Gasteiger partial charge in [0.2, 0.25) is 0 Å². The number of fused-ring (bicyclic) bond motifs is 10. The summed E-state index contributed by atoms with van der Waals surface area (Å²) in [5, 5.41) is 73.5. The number of alkyl halides is 3. The smallest absolute Gasteiger partial charge is 0.340 e. The van der Waals surface area contributed by atoms with Gasteiger partial charge in [-0.2, -0.15) is 0 Å². The highest BCUT2D eigenvalue weighted by Crippen LogP contribution is 2.58. The first-order chi connectivity index (χ1) is 60.0. The van der Waals surface area contributed by atoms with Crippen molar-refractivity contribution in [2.24, 2.45) is 16.2 Å². The number of phenols is 3. The number of esters is 4. The topological polar surface area (TPSA) is 372 Å². The summed E-state index contributed by atoms with van der Waals surface area (Å²) in [5.74, 6) is -1.04. The molecule has 0 bridgehead atoms. The Morgan fingerprint density at radius 1 is 0.402 bits per heavy atom. The Bertz CT molecular complexity index is 4970. The van der Waals surface area contributed by atoms with Gasteiger partial charge >= 0.3 is 23.9 Å². The monoisotopic (exact) mass is 1950 g/mol. The molecule has 7 N–H and O–H groups in total. The molecule has 4 aliphatic heterocycles. The van der Waals surface area contributed by atoms with Crippen LogP contribution in [0.15, 0.2) is 133 Å². The van der Waals surface area contributed by atoms with Gasteiger partial charge in [0.05, 0.1) is 77.2 Å². The molecule has 0 amide bonds. The highest BCUT2D eigenvalue weighted by Gasteiger charge is 2.54. The maximum atomic E-state index is 14.8. The number of benzene rings is 7. The molecule has 0 aliphatic carbocycles. The quantitative estimate of drug-likeness (QED) is 0.00806. The van der Waals surface area contributed by atoms with E-state index in [2.05, 4.69) is 47.8 Å². The van der Waals surface area contributed by atoms with Crippen LogP contribution in [0.25, 0.3) is 0 Å². The number of hydrogen-bond acceptors (Lipinski definition) is 26. The van der Waals surface area contributed by atoms with Gasteiger partial charge in [0.1, 0.15) is 117 Å². The molecule has 686 valence electrons.